The molecule has 2 heterocycles. The van der Waals surface area contributed by atoms with Gasteiger partial charge in [-0.05, 0) is 42.0 Å². The van der Waals surface area contributed by atoms with Gasteiger partial charge in [-0.15, -0.1) is 0 Å². The molecule has 0 saturated heterocycles. The SMILES string of the molecule is O=C(CSc1nc(NCc2ccc(Cl)cc2)c2ccccc2n1)NCc1ccco1. The zero-order valence-corrected chi connectivity index (χ0v) is 17.5. The Balaban J connectivity index is 1.44. The molecule has 2 aromatic heterocycles. The number of carbonyl (C=O) groups excluding carboxylic acids is 1. The molecule has 0 aliphatic heterocycles. The third-order valence-electron chi connectivity index (χ3n) is 4.33. The molecule has 0 atom stereocenters. The summed E-state index contributed by atoms with van der Waals surface area (Å²) in [5.74, 6) is 1.55. The van der Waals surface area contributed by atoms with E-state index in [4.69, 9.17) is 16.0 Å². The van der Waals surface area contributed by atoms with E-state index in [1.807, 2.05) is 54.6 Å². The topological polar surface area (TPSA) is 80.0 Å². The van der Waals surface area contributed by atoms with E-state index in [1.54, 1.807) is 12.3 Å². The summed E-state index contributed by atoms with van der Waals surface area (Å²) >= 11 is 7.25. The van der Waals surface area contributed by atoms with Crippen molar-refractivity contribution in [3.8, 4) is 0 Å². The van der Waals surface area contributed by atoms with Crippen molar-refractivity contribution in [1.82, 2.24) is 15.3 Å². The number of nitrogens with one attached hydrogen (secondary N) is 2. The van der Waals surface area contributed by atoms with Crippen LogP contribution in [0.25, 0.3) is 10.9 Å². The molecule has 30 heavy (non-hydrogen) atoms. The fourth-order valence-corrected chi connectivity index (χ4v) is 3.63. The second-order valence-electron chi connectivity index (χ2n) is 6.50. The summed E-state index contributed by atoms with van der Waals surface area (Å²) in [7, 11) is 0. The lowest BCUT2D eigenvalue weighted by Gasteiger charge is -2.11. The highest BCUT2D eigenvalue weighted by Crippen LogP contribution is 2.25. The van der Waals surface area contributed by atoms with Crippen LogP contribution in [0.3, 0.4) is 0 Å². The minimum atomic E-state index is -0.108. The van der Waals surface area contributed by atoms with Crippen LogP contribution in [0, 0.1) is 0 Å². The molecule has 152 valence electrons. The zero-order valence-electron chi connectivity index (χ0n) is 16.0. The Labute approximate surface area is 183 Å². The lowest BCUT2D eigenvalue weighted by molar-refractivity contribution is -0.118. The van der Waals surface area contributed by atoms with E-state index in [1.165, 1.54) is 11.8 Å². The summed E-state index contributed by atoms with van der Waals surface area (Å²) in [5, 5.41) is 8.37. The quantitative estimate of drug-likeness (QED) is 0.301. The monoisotopic (exact) mass is 438 g/mol. The smallest absolute Gasteiger partial charge is 0.230 e. The molecule has 2 N–H and O–H groups in total. The van der Waals surface area contributed by atoms with Crippen molar-refractivity contribution < 1.29 is 9.21 Å². The number of nitrogens with zero attached hydrogens (tertiary/aromatic N) is 2. The first kappa shape index (κ1) is 20.3. The number of hydrogen-bond donors (Lipinski definition) is 2. The molecule has 1 amide bonds. The molecule has 0 radical (unpaired) electrons. The molecular weight excluding hydrogens is 420 g/mol. The Morgan fingerprint density at radius 1 is 1.00 bits per heavy atom. The van der Waals surface area contributed by atoms with Crippen LogP contribution in [0.15, 0.2) is 76.5 Å². The number of amides is 1. The van der Waals surface area contributed by atoms with E-state index in [0.29, 0.717) is 29.0 Å². The van der Waals surface area contributed by atoms with Crippen LogP contribution < -0.4 is 10.6 Å². The number of hydrogen-bond acceptors (Lipinski definition) is 6. The molecule has 0 bridgehead atoms. The number of thioether (sulfide) groups is 1. The third kappa shape index (κ3) is 5.31. The van der Waals surface area contributed by atoms with E-state index >= 15 is 0 Å². The fourth-order valence-electron chi connectivity index (χ4n) is 2.82. The lowest BCUT2D eigenvalue weighted by atomic mass is 10.2. The standard InChI is InChI=1S/C22H19ClN4O2S/c23-16-9-7-15(8-10-16)12-25-21-18-5-1-2-6-19(18)26-22(27-21)30-14-20(28)24-13-17-4-3-11-29-17/h1-11H,12-14H2,(H,24,28)(H,25,26,27). The molecule has 0 aliphatic carbocycles. The maximum atomic E-state index is 12.1. The van der Waals surface area contributed by atoms with Crippen molar-refractivity contribution in [3.63, 3.8) is 0 Å². The average Bonchev–Trinajstić information content (AvgIpc) is 3.29. The van der Waals surface area contributed by atoms with Crippen LogP contribution in [-0.4, -0.2) is 21.6 Å². The molecule has 0 saturated carbocycles. The molecule has 4 rings (SSSR count). The van der Waals surface area contributed by atoms with E-state index in [9.17, 15) is 4.79 Å². The summed E-state index contributed by atoms with van der Waals surface area (Å²) in [5.41, 5.74) is 1.92. The highest BCUT2D eigenvalue weighted by molar-refractivity contribution is 7.99. The van der Waals surface area contributed by atoms with Gasteiger partial charge < -0.3 is 15.1 Å². The minimum Gasteiger partial charge on any atom is -0.467 e. The predicted molar refractivity (Wildman–Crippen MR) is 120 cm³/mol. The fraction of sp³-hybridized carbons (Fsp3) is 0.136. The first-order valence-corrected chi connectivity index (χ1v) is 10.7. The molecular formula is C22H19ClN4O2S. The van der Waals surface area contributed by atoms with Crippen LogP contribution in [-0.2, 0) is 17.9 Å². The molecule has 0 aliphatic rings. The Bertz CT molecular complexity index is 1130. The zero-order chi connectivity index (χ0) is 20.8. The second-order valence-corrected chi connectivity index (χ2v) is 7.88. The first-order chi connectivity index (χ1) is 14.7. The van der Waals surface area contributed by atoms with Gasteiger partial charge in [0, 0.05) is 17.0 Å². The van der Waals surface area contributed by atoms with Crippen molar-refractivity contribution >= 4 is 46.0 Å². The summed E-state index contributed by atoms with van der Waals surface area (Å²) in [6.45, 7) is 0.963. The average molecular weight is 439 g/mol. The molecule has 4 aromatic rings. The van der Waals surface area contributed by atoms with Crippen molar-refractivity contribution in [1.29, 1.82) is 0 Å². The van der Waals surface area contributed by atoms with Gasteiger partial charge in [-0.25, -0.2) is 9.97 Å². The maximum absolute atomic E-state index is 12.1. The Kier molecular flexibility index (Phi) is 6.51. The number of halogens is 1. The maximum Gasteiger partial charge on any atom is 0.230 e. The molecule has 0 spiro atoms. The number of carbonyl (C=O) groups is 1. The van der Waals surface area contributed by atoms with Crippen LogP contribution in [0.5, 0.6) is 0 Å². The summed E-state index contributed by atoms with van der Waals surface area (Å²) < 4.78 is 5.22. The Morgan fingerprint density at radius 3 is 2.63 bits per heavy atom. The lowest BCUT2D eigenvalue weighted by Crippen LogP contribution is -2.24. The van der Waals surface area contributed by atoms with Crippen LogP contribution in [0.1, 0.15) is 11.3 Å². The van der Waals surface area contributed by atoms with Gasteiger partial charge in [0.15, 0.2) is 5.16 Å². The van der Waals surface area contributed by atoms with Gasteiger partial charge in [0.2, 0.25) is 5.91 Å². The third-order valence-corrected chi connectivity index (χ3v) is 5.43. The first-order valence-electron chi connectivity index (χ1n) is 9.34. The Morgan fingerprint density at radius 2 is 1.83 bits per heavy atom. The molecule has 0 unspecified atom stereocenters. The van der Waals surface area contributed by atoms with Gasteiger partial charge >= 0.3 is 0 Å². The minimum absolute atomic E-state index is 0.108. The summed E-state index contributed by atoms with van der Waals surface area (Å²) in [4.78, 5) is 21.4. The Hall–Kier alpha value is -3.03. The van der Waals surface area contributed by atoms with E-state index < -0.39 is 0 Å². The van der Waals surface area contributed by atoms with Gasteiger partial charge in [0.05, 0.1) is 24.1 Å². The highest BCUT2D eigenvalue weighted by Gasteiger charge is 2.10. The normalized spacial score (nSPS) is 10.8. The van der Waals surface area contributed by atoms with E-state index in [-0.39, 0.29) is 11.7 Å². The van der Waals surface area contributed by atoms with Crippen molar-refractivity contribution in [2.75, 3.05) is 11.1 Å². The van der Waals surface area contributed by atoms with Gasteiger partial charge in [0.1, 0.15) is 11.6 Å². The molecule has 8 heteroatoms. The van der Waals surface area contributed by atoms with Gasteiger partial charge in [0.25, 0.3) is 0 Å². The van der Waals surface area contributed by atoms with E-state index in [2.05, 4.69) is 20.6 Å². The van der Waals surface area contributed by atoms with Gasteiger partial charge in [-0.1, -0.05) is 47.6 Å². The van der Waals surface area contributed by atoms with Crippen molar-refractivity contribution in [2.45, 2.75) is 18.2 Å². The highest BCUT2D eigenvalue weighted by atomic mass is 35.5. The largest absolute Gasteiger partial charge is 0.467 e. The summed E-state index contributed by atoms with van der Waals surface area (Å²) in [6.07, 6.45) is 1.58. The number of anilines is 1. The van der Waals surface area contributed by atoms with Gasteiger partial charge in [-0.3, -0.25) is 4.79 Å². The van der Waals surface area contributed by atoms with Gasteiger partial charge in [-0.2, -0.15) is 0 Å². The van der Waals surface area contributed by atoms with Crippen LogP contribution in [0.4, 0.5) is 5.82 Å². The number of fused-ring (bicyclic) bond motifs is 1. The van der Waals surface area contributed by atoms with Crippen LogP contribution >= 0.6 is 23.4 Å². The molecule has 6 nitrogen and oxygen atoms in total. The number of rotatable bonds is 8. The van der Waals surface area contributed by atoms with Crippen molar-refractivity contribution in [3.05, 3.63) is 83.3 Å². The summed E-state index contributed by atoms with van der Waals surface area (Å²) in [6, 6.07) is 19.1. The number of aromatic nitrogens is 2. The molecule has 0 fully saturated rings. The number of para-hydroxylation sites is 1. The van der Waals surface area contributed by atoms with Crippen molar-refractivity contribution in [2.24, 2.45) is 0 Å². The second kappa shape index (κ2) is 9.65. The van der Waals surface area contributed by atoms with Crippen LogP contribution in [0.2, 0.25) is 5.02 Å². The van der Waals surface area contributed by atoms with E-state index in [0.717, 1.165) is 22.3 Å². The number of benzene rings is 2. The predicted octanol–water partition coefficient (Wildman–Crippen LogP) is 4.90. The molecule has 2 aromatic carbocycles. The number of furan rings is 1.